The quantitative estimate of drug-likeness (QED) is 0.615. The number of benzene rings is 1. The van der Waals surface area contributed by atoms with Gasteiger partial charge in [0.15, 0.2) is 0 Å². The molecule has 3 heterocycles. The van der Waals surface area contributed by atoms with Crippen LogP contribution >= 0.6 is 0 Å². The van der Waals surface area contributed by atoms with Crippen molar-refractivity contribution in [3.63, 3.8) is 0 Å². The smallest absolute Gasteiger partial charge is 0.224 e. The van der Waals surface area contributed by atoms with Gasteiger partial charge in [-0.3, -0.25) is 0 Å². The minimum atomic E-state index is 0.615. The fourth-order valence-corrected chi connectivity index (χ4v) is 3.24. The van der Waals surface area contributed by atoms with Crippen LogP contribution in [0.1, 0.15) is 11.5 Å². The molecule has 0 aliphatic heterocycles. The third kappa shape index (κ3) is 2.46. The van der Waals surface area contributed by atoms with E-state index in [0.717, 1.165) is 44.7 Å². The van der Waals surface area contributed by atoms with Gasteiger partial charge in [0.25, 0.3) is 0 Å². The maximum absolute atomic E-state index is 5.31. The molecule has 1 aromatic carbocycles. The lowest BCUT2D eigenvalue weighted by atomic mass is 9.98. The van der Waals surface area contributed by atoms with Crippen LogP contribution in [0.4, 0.5) is 5.95 Å². The molecule has 3 aromatic heterocycles. The number of nitrogens with one attached hydrogen (secondary N) is 1. The summed E-state index contributed by atoms with van der Waals surface area (Å²) in [5.41, 5.74) is 6.17. The number of fused-ring (bicyclic) bond motifs is 1. The summed E-state index contributed by atoms with van der Waals surface area (Å²) < 4.78 is 7.34. The van der Waals surface area contributed by atoms with E-state index in [-0.39, 0.29) is 0 Å². The zero-order valence-electron chi connectivity index (χ0n) is 14.7. The Kier molecular flexibility index (Phi) is 3.53. The molecule has 0 saturated carbocycles. The molecule has 4 aromatic rings. The Morgan fingerprint density at radius 1 is 1.16 bits per heavy atom. The van der Waals surface area contributed by atoms with Gasteiger partial charge in [0.05, 0.1) is 5.69 Å². The standard InChI is InChI=1S/C19H19N5O/c1-11-17(12(2)25-23-11)14-7-5-6-13(8-14)16-10-24(4)18-15(16)9-21-19(20-3)22-18/h5-10H,1-4H3,(H,20,21,22). The van der Waals surface area contributed by atoms with Crippen LogP contribution in [-0.2, 0) is 7.05 Å². The third-order valence-electron chi connectivity index (χ3n) is 4.43. The Hall–Kier alpha value is -3.15. The minimum Gasteiger partial charge on any atom is -0.361 e. The summed E-state index contributed by atoms with van der Waals surface area (Å²) in [5.74, 6) is 1.44. The van der Waals surface area contributed by atoms with Gasteiger partial charge in [-0.1, -0.05) is 23.4 Å². The van der Waals surface area contributed by atoms with E-state index >= 15 is 0 Å². The highest BCUT2D eigenvalue weighted by molar-refractivity contribution is 5.94. The molecule has 0 aliphatic carbocycles. The van der Waals surface area contributed by atoms with Gasteiger partial charge in [0.1, 0.15) is 11.4 Å². The molecule has 1 N–H and O–H groups in total. The number of nitrogens with zero attached hydrogens (tertiary/aromatic N) is 4. The highest BCUT2D eigenvalue weighted by Crippen LogP contribution is 2.34. The van der Waals surface area contributed by atoms with E-state index in [9.17, 15) is 0 Å². The predicted octanol–water partition coefficient (Wildman–Crippen LogP) is 3.95. The summed E-state index contributed by atoms with van der Waals surface area (Å²) in [6.07, 6.45) is 3.96. The van der Waals surface area contributed by atoms with Crippen LogP contribution in [0, 0.1) is 13.8 Å². The van der Waals surface area contributed by atoms with Gasteiger partial charge in [-0.15, -0.1) is 0 Å². The fourth-order valence-electron chi connectivity index (χ4n) is 3.24. The molecule has 0 atom stereocenters. The SMILES string of the molecule is CNc1ncc2c(-c3cccc(-c4c(C)noc4C)c3)cn(C)c2n1. The van der Waals surface area contributed by atoms with Crippen LogP contribution in [0.5, 0.6) is 0 Å². The van der Waals surface area contributed by atoms with E-state index in [4.69, 9.17) is 4.52 Å². The second-order valence-corrected chi connectivity index (χ2v) is 6.11. The molecule has 0 spiro atoms. The second kappa shape index (κ2) is 5.73. The minimum absolute atomic E-state index is 0.615. The van der Waals surface area contributed by atoms with Crippen molar-refractivity contribution in [3.8, 4) is 22.3 Å². The molecule has 0 unspecified atom stereocenters. The third-order valence-corrected chi connectivity index (χ3v) is 4.43. The normalized spacial score (nSPS) is 11.2. The van der Waals surface area contributed by atoms with Crippen molar-refractivity contribution in [2.75, 3.05) is 12.4 Å². The molecule has 25 heavy (non-hydrogen) atoms. The van der Waals surface area contributed by atoms with E-state index in [0.29, 0.717) is 5.95 Å². The van der Waals surface area contributed by atoms with Gasteiger partial charge in [-0.25, -0.2) is 4.98 Å². The lowest BCUT2D eigenvalue weighted by Crippen LogP contribution is -1.97. The van der Waals surface area contributed by atoms with Crippen LogP contribution in [0.15, 0.2) is 41.2 Å². The Balaban J connectivity index is 1.89. The summed E-state index contributed by atoms with van der Waals surface area (Å²) >= 11 is 0. The van der Waals surface area contributed by atoms with E-state index in [1.807, 2.05) is 38.7 Å². The van der Waals surface area contributed by atoms with Crippen molar-refractivity contribution in [1.29, 1.82) is 0 Å². The van der Waals surface area contributed by atoms with E-state index in [1.165, 1.54) is 0 Å². The van der Waals surface area contributed by atoms with Crippen molar-refractivity contribution in [2.24, 2.45) is 7.05 Å². The number of aromatic nitrogens is 4. The first-order chi connectivity index (χ1) is 12.1. The molecule has 0 radical (unpaired) electrons. The number of hydrogen-bond donors (Lipinski definition) is 1. The van der Waals surface area contributed by atoms with Gasteiger partial charge < -0.3 is 14.4 Å². The zero-order chi connectivity index (χ0) is 17.6. The van der Waals surface area contributed by atoms with Gasteiger partial charge in [0.2, 0.25) is 5.95 Å². The van der Waals surface area contributed by atoms with Crippen LogP contribution in [-0.4, -0.2) is 26.7 Å². The highest BCUT2D eigenvalue weighted by atomic mass is 16.5. The molecule has 6 heteroatoms. The van der Waals surface area contributed by atoms with Crippen LogP contribution < -0.4 is 5.32 Å². The van der Waals surface area contributed by atoms with Gasteiger partial charge in [-0.05, 0) is 31.0 Å². The Morgan fingerprint density at radius 2 is 1.96 bits per heavy atom. The Bertz CT molecular complexity index is 1060. The van der Waals surface area contributed by atoms with E-state index in [2.05, 4.69) is 50.9 Å². The van der Waals surface area contributed by atoms with Crippen LogP contribution in [0.2, 0.25) is 0 Å². The van der Waals surface area contributed by atoms with Crippen molar-refractivity contribution in [2.45, 2.75) is 13.8 Å². The average Bonchev–Trinajstić information content (AvgIpc) is 3.14. The van der Waals surface area contributed by atoms with Gasteiger partial charge >= 0.3 is 0 Å². The molecular weight excluding hydrogens is 314 g/mol. The Labute approximate surface area is 145 Å². The number of aryl methyl sites for hydroxylation is 3. The second-order valence-electron chi connectivity index (χ2n) is 6.11. The lowest BCUT2D eigenvalue weighted by Gasteiger charge is -2.05. The molecular formula is C19H19N5O. The summed E-state index contributed by atoms with van der Waals surface area (Å²) in [4.78, 5) is 8.92. The maximum Gasteiger partial charge on any atom is 0.224 e. The van der Waals surface area contributed by atoms with E-state index < -0.39 is 0 Å². The molecule has 0 fully saturated rings. The first-order valence-electron chi connectivity index (χ1n) is 8.12. The molecule has 4 rings (SSSR count). The largest absolute Gasteiger partial charge is 0.361 e. The molecule has 126 valence electrons. The van der Waals surface area contributed by atoms with Crippen LogP contribution in [0.25, 0.3) is 33.3 Å². The molecule has 0 aliphatic rings. The number of hydrogen-bond acceptors (Lipinski definition) is 5. The van der Waals surface area contributed by atoms with Crippen molar-refractivity contribution < 1.29 is 4.52 Å². The summed E-state index contributed by atoms with van der Waals surface area (Å²) in [5, 5.41) is 8.07. The topological polar surface area (TPSA) is 68.8 Å². The molecule has 6 nitrogen and oxygen atoms in total. The average molecular weight is 333 g/mol. The Morgan fingerprint density at radius 3 is 2.68 bits per heavy atom. The predicted molar refractivity (Wildman–Crippen MR) is 98.5 cm³/mol. The first-order valence-corrected chi connectivity index (χ1v) is 8.12. The van der Waals surface area contributed by atoms with E-state index in [1.54, 1.807) is 0 Å². The number of rotatable bonds is 3. The molecule has 0 bridgehead atoms. The zero-order valence-corrected chi connectivity index (χ0v) is 14.7. The fraction of sp³-hybridized carbons (Fsp3) is 0.211. The molecule has 0 amide bonds. The van der Waals surface area contributed by atoms with Gasteiger partial charge in [-0.2, -0.15) is 4.98 Å². The van der Waals surface area contributed by atoms with Gasteiger partial charge in [0, 0.05) is 43.0 Å². The summed E-state index contributed by atoms with van der Waals surface area (Å²) in [6, 6.07) is 8.39. The van der Waals surface area contributed by atoms with Crippen LogP contribution in [0.3, 0.4) is 0 Å². The van der Waals surface area contributed by atoms with Crippen molar-refractivity contribution >= 4 is 17.0 Å². The highest BCUT2D eigenvalue weighted by Gasteiger charge is 2.15. The van der Waals surface area contributed by atoms with Crippen molar-refractivity contribution in [1.82, 2.24) is 19.7 Å². The van der Waals surface area contributed by atoms with Crippen molar-refractivity contribution in [3.05, 3.63) is 48.1 Å². The monoisotopic (exact) mass is 333 g/mol. The summed E-state index contributed by atoms with van der Waals surface area (Å²) in [7, 11) is 3.81. The lowest BCUT2D eigenvalue weighted by molar-refractivity contribution is 0.393. The maximum atomic E-state index is 5.31. The molecule has 0 saturated heterocycles. The first kappa shape index (κ1) is 15.4. The summed E-state index contributed by atoms with van der Waals surface area (Å²) in [6.45, 7) is 3.90. The number of anilines is 1.